The third kappa shape index (κ3) is 4.70. The van der Waals surface area contributed by atoms with E-state index in [4.69, 9.17) is 0 Å². The van der Waals surface area contributed by atoms with E-state index in [2.05, 4.69) is 38.6 Å². The van der Waals surface area contributed by atoms with Crippen LogP contribution in [0.2, 0.25) is 0 Å². The number of hydrazone groups is 1. The zero-order valence-corrected chi connectivity index (χ0v) is 17.4. The molecule has 0 aliphatic heterocycles. The number of carbonyl (C=O) groups excluding carboxylic acids is 1. The average Bonchev–Trinajstić information content (AvgIpc) is 2.65. The van der Waals surface area contributed by atoms with Gasteiger partial charge in [-0.05, 0) is 53.9 Å². The Labute approximate surface area is 170 Å². The Morgan fingerprint density at radius 2 is 1.96 bits per heavy atom. The Balaban J connectivity index is 1.65. The van der Waals surface area contributed by atoms with Crippen LogP contribution in [0.5, 0.6) is 5.75 Å². The number of amides is 1. The van der Waals surface area contributed by atoms with Gasteiger partial charge in [-0.25, -0.2) is 5.43 Å². The number of phenols is 1. The summed E-state index contributed by atoms with van der Waals surface area (Å²) in [5.41, 5.74) is 5.36. The van der Waals surface area contributed by atoms with Crippen LogP contribution in [0.15, 0.2) is 63.0 Å². The number of fused-ring (bicyclic) bond motifs is 1. The van der Waals surface area contributed by atoms with Gasteiger partial charge in [-0.2, -0.15) is 5.10 Å². The number of carbonyl (C=O) groups is 1. The maximum atomic E-state index is 12.1. The number of nitrogens with zero attached hydrogens (tertiary/aromatic N) is 1. The van der Waals surface area contributed by atoms with Crippen LogP contribution < -0.4 is 5.43 Å². The first-order chi connectivity index (χ1) is 13.0. The van der Waals surface area contributed by atoms with Crippen molar-refractivity contribution >= 4 is 50.6 Å². The summed E-state index contributed by atoms with van der Waals surface area (Å²) in [6.07, 6.45) is 1.48. The second-order valence-electron chi connectivity index (χ2n) is 6.17. The molecule has 27 heavy (non-hydrogen) atoms. The van der Waals surface area contributed by atoms with Crippen molar-refractivity contribution in [3.63, 3.8) is 0 Å². The van der Waals surface area contributed by atoms with Crippen molar-refractivity contribution in [2.75, 3.05) is 5.75 Å². The molecule has 1 amide bonds. The van der Waals surface area contributed by atoms with E-state index in [1.54, 1.807) is 6.07 Å². The van der Waals surface area contributed by atoms with Crippen molar-refractivity contribution in [1.29, 1.82) is 0 Å². The topological polar surface area (TPSA) is 61.7 Å². The summed E-state index contributed by atoms with van der Waals surface area (Å²) < 4.78 is 1.06. The van der Waals surface area contributed by atoms with Crippen LogP contribution in [0.4, 0.5) is 0 Å². The summed E-state index contributed by atoms with van der Waals surface area (Å²) in [6.45, 7) is 4.04. The van der Waals surface area contributed by atoms with Crippen molar-refractivity contribution in [3.05, 3.63) is 69.7 Å². The smallest absolute Gasteiger partial charge is 0.250 e. The number of hydrogen-bond acceptors (Lipinski definition) is 4. The van der Waals surface area contributed by atoms with Gasteiger partial charge in [0, 0.05) is 14.9 Å². The summed E-state index contributed by atoms with van der Waals surface area (Å²) in [5, 5.41) is 16.0. The van der Waals surface area contributed by atoms with Gasteiger partial charge in [-0.1, -0.05) is 46.3 Å². The van der Waals surface area contributed by atoms with E-state index in [1.807, 2.05) is 44.2 Å². The number of thioether (sulfide) groups is 1. The molecule has 3 rings (SSSR count). The molecule has 0 bridgehead atoms. The van der Waals surface area contributed by atoms with Crippen molar-refractivity contribution in [2.45, 2.75) is 18.7 Å². The number of rotatable bonds is 5. The first kappa shape index (κ1) is 19.5. The Kier molecular flexibility index (Phi) is 6.19. The lowest BCUT2D eigenvalue weighted by Gasteiger charge is -2.08. The fourth-order valence-corrected chi connectivity index (χ4v) is 4.03. The summed E-state index contributed by atoms with van der Waals surface area (Å²) in [6, 6.07) is 15.3. The van der Waals surface area contributed by atoms with Crippen molar-refractivity contribution < 1.29 is 9.90 Å². The van der Waals surface area contributed by atoms with Gasteiger partial charge in [0.15, 0.2) is 0 Å². The van der Waals surface area contributed by atoms with Gasteiger partial charge in [-0.15, -0.1) is 11.8 Å². The van der Waals surface area contributed by atoms with Crippen molar-refractivity contribution in [1.82, 2.24) is 5.43 Å². The van der Waals surface area contributed by atoms with Gasteiger partial charge in [-0.3, -0.25) is 4.79 Å². The third-order valence-corrected chi connectivity index (χ3v) is 6.16. The molecule has 0 unspecified atom stereocenters. The lowest BCUT2D eigenvalue weighted by molar-refractivity contribution is -0.118. The fraction of sp³-hybridized carbons (Fsp3) is 0.143. The van der Waals surface area contributed by atoms with E-state index in [9.17, 15) is 9.90 Å². The minimum atomic E-state index is -0.198. The molecular formula is C21H19BrN2O2S. The summed E-state index contributed by atoms with van der Waals surface area (Å²) in [4.78, 5) is 13.2. The Morgan fingerprint density at radius 3 is 2.78 bits per heavy atom. The van der Waals surface area contributed by atoms with Gasteiger partial charge < -0.3 is 5.11 Å². The summed E-state index contributed by atoms with van der Waals surface area (Å²) >= 11 is 4.99. The highest BCUT2D eigenvalue weighted by Gasteiger charge is 2.08. The average molecular weight is 443 g/mol. The molecular weight excluding hydrogens is 424 g/mol. The molecule has 0 fully saturated rings. The quantitative estimate of drug-likeness (QED) is 0.325. The summed E-state index contributed by atoms with van der Waals surface area (Å²) in [5.74, 6) is 0.193. The Hall–Kier alpha value is -2.31. The Morgan fingerprint density at radius 1 is 1.19 bits per heavy atom. The molecule has 6 heteroatoms. The molecule has 0 radical (unpaired) electrons. The molecule has 0 heterocycles. The molecule has 3 aromatic carbocycles. The Bertz CT molecular complexity index is 1030. The second-order valence-corrected chi connectivity index (χ2v) is 8.04. The highest BCUT2D eigenvalue weighted by atomic mass is 79.9. The van der Waals surface area contributed by atoms with E-state index >= 15 is 0 Å². The number of aromatic hydroxyl groups is 1. The van der Waals surface area contributed by atoms with Gasteiger partial charge in [0.25, 0.3) is 0 Å². The van der Waals surface area contributed by atoms with Crippen molar-refractivity contribution in [2.24, 2.45) is 5.10 Å². The van der Waals surface area contributed by atoms with Crippen LogP contribution in [0.25, 0.3) is 10.8 Å². The first-order valence-electron chi connectivity index (χ1n) is 8.38. The van der Waals surface area contributed by atoms with Crippen LogP contribution in [0, 0.1) is 13.8 Å². The lowest BCUT2D eigenvalue weighted by atomic mass is 10.0. The second kappa shape index (κ2) is 8.59. The molecule has 138 valence electrons. The van der Waals surface area contributed by atoms with Gasteiger partial charge in [0.2, 0.25) is 5.91 Å². The number of halogens is 1. The van der Waals surface area contributed by atoms with Crippen LogP contribution in [0.1, 0.15) is 16.7 Å². The fourth-order valence-electron chi connectivity index (χ4n) is 2.67. The number of phenolic OH excluding ortho intramolecular Hbond substituents is 1. The molecule has 0 atom stereocenters. The van der Waals surface area contributed by atoms with Gasteiger partial charge in [0.05, 0.1) is 12.0 Å². The summed E-state index contributed by atoms with van der Waals surface area (Å²) in [7, 11) is 0. The normalized spacial score (nSPS) is 11.2. The first-order valence-corrected chi connectivity index (χ1v) is 10.2. The molecule has 0 saturated heterocycles. The minimum Gasteiger partial charge on any atom is -0.507 e. The van der Waals surface area contributed by atoms with Crippen LogP contribution >= 0.6 is 27.7 Å². The highest BCUT2D eigenvalue weighted by Crippen LogP contribution is 2.28. The molecule has 0 aliphatic carbocycles. The number of hydrogen-bond donors (Lipinski definition) is 2. The maximum Gasteiger partial charge on any atom is 0.250 e. The third-order valence-electron chi connectivity index (χ3n) is 4.15. The van der Waals surface area contributed by atoms with E-state index < -0.39 is 0 Å². The number of nitrogens with one attached hydrogen (secondary N) is 1. The maximum absolute atomic E-state index is 12.1. The van der Waals surface area contributed by atoms with E-state index in [1.165, 1.54) is 18.0 Å². The molecule has 0 aliphatic rings. The highest BCUT2D eigenvalue weighted by molar-refractivity contribution is 9.10. The van der Waals surface area contributed by atoms with Gasteiger partial charge >= 0.3 is 0 Å². The van der Waals surface area contributed by atoms with E-state index in [0.29, 0.717) is 5.56 Å². The van der Waals surface area contributed by atoms with Crippen LogP contribution in [-0.4, -0.2) is 23.0 Å². The van der Waals surface area contributed by atoms with E-state index in [-0.39, 0.29) is 17.4 Å². The molecule has 0 spiro atoms. The standard InChI is InChI=1S/C21H19BrN2O2S/c1-13-10-20(14(2)9-18(13)22)27-12-21(26)24-23-11-17-16-6-4-3-5-15(16)7-8-19(17)25/h3-11,25H,12H2,1-2H3,(H,24,26)/b23-11+. The van der Waals surface area contributed by atoms with E-state index in [0.717, 1.165) is 31.3 Å². The largest absolute Gasteiger partial charge is 0.507 e. The van der Waals surface area contributed by atoms with Gasteiger partial charge in [0.1, 0.15) is 5.75 Å². The molecule has 4 nitrogen and oxygen atoms in total. The predicted octanol–water partition coefficient (Wildman–Crippen LogP) is 5.17. The lowest BCUT2D eigenvalue weighted by Crippen LogP contribution is -2.19. The number of aryl methyl sites for hydroxylation is 2. The molecule has 0 aromatic heterocycles. The predicted molar refractivity (Wildman–Crippen MR) is 116 cm³/mol. The monoisotopic (exact) mass is 442 g/mol. The van der Waals surface area contributed by atoms with Crippen molar-refractivity contribution in [3.8, 4) is 5.75 Å². The number of benzene rings is 3. The molecule has 3 aromatic rings. The molecule has 2 N–H and O–H groups in total. The molecule has 0 saturated carbocycles. The minimum absolute atomic E-state index is 0.127. The van der Waals surface area contributed by atoms with Crippen LogP contribution in [0.3, 0.4) is 0 Å². The SMILES string of the molecule is Cc1cc(SCC(=O)N/N=C/c2c(O)ccc3ccccc23)c(C)cc1Br. The zero-order chi connectivity index (χ0) is 19.4. The zero-order valence-electron chi connectivity index (χ0n) is 15.0. The van der Waals surface area contributed by atoms with Crippen LogP contribution in [-0.2, 0) is 4.79 Å².